The minimum absolute atomic E-state index is 0.0691. The number of nitrogens with one attached hydrogen (secondary N) is 1. The van der Waals surface area contributed by atoms with E-state index in [0.29, 0.717) is 16.3 Å². The van der Waals surface area contributed by atoms with E-state index in [1.165, 1.54) is 0 Å². The lowest BCUT2D eigenvalue weighted by Gasteiger charge is -2.11. The normalized spacial score (nSPS) is 10.8. The van der Waals surface area contributed by atoms with E-state index < -0.39 is 0 Å². The molecule has 1 aromatic heterocycles. The largest absolute Gasteiger partial charge is 0.489 e. The summed E-state index contributed by atoms with van der Waals surface area (Å²) < 4.78 is 5.64. The number of halogens is 1. The van der Waals surface area contributed by atoms with E-state index in [0.717, 1.165) is 28.8 Å². The van der Waals surface area contributed by atoms with E-state index in [4.69, 9.17) is 16.3 Å². The van der Waals surface area contributed by atoms with Crippen LogP contribution in [0.3, 0.4) is 0 Å². The highest BCUT2D eigenvalue weighted by Crippen LogP contribution is 2.31. The number of hydrogen-bond donors (Lipinski definition) is 1. The molecule has 0 fully saturated rings. The maximum Gasteiger partial charge on any atom is 0.150 e. The molecule has 24 heavy (non-hydrogen) atoms. The second-order valence-corrected chi connectivity index (χ2v) is 6.13. The lowest BCUT2D eigenvalue weighted by Crippen LogP contribution is -2.05. The van der Waals surface area contributed by atoms with Crippen molar-refractivity contribution in [2.75, 3.05) is 0 Å². The molecule has 0 saturated heterocycles. The standard InChI is InChI=1S/C19H17ClN2O2/c1-12(2)24-19-8-7-15(9-16(19)20)18-10-17(21-22-18)14-5-3-13(11-23)4-6-14/h3-12H,1-2H3,(H,21,22). The Bertz CT molecular complexity index is 854. The Hall–Kier alpha value is -2.59. The molecule has 0 bridgehead atoms. The summed E-state index contributed by atoms with van der Waals surface area (Å²) in [5, 5.41) is 7.91. The maximum absolute atomic E-state index is 10.7. The minimum atomic E-state index is 0.0691. The number of carbonyl (C=O) groups is 1. The van der Waals surface area contributed by atoms with Crippen molar-refractivity contribution >= 4 is 17.9 Å². The van der Waals surface area contributed by atoms with Crippen LogP contribution in [0.25, 0.3) is 22.5 Å². The molecule has 1 heterocycles. The first kappa shape index (κ1) is 16.3. The molecule has 0 unspecified atom stereocenters. The van der Waals surface area contributed by atoms with Gasteiger partial charge < -0.3 is 4.74 Å². The van der Waals surface area contributed by atoms with Crippen molar-refractivity contribution < 1.29 is 9.53 Å². The second-order valence-electron chi connectivity index (χ2n) is 5.72. The Balaban J connectivity index is 1.87. The third kappa shape index (κ3) is 3.49. The van der Waals surface area contributed by atoms with Crippen LogP contribution < -0.4 is 4.74 Å². The molecule has 0 spiro atoms. The van der Waals surface area contributed by atoms with Crippen LogP contribution in [-0.2, 0) is 0 Å². The zero-order valence-electron chi connectivity index (χ0n) is 13.4. The first-order valence-corrected chi connectivity index (χ1v) is 8.02. The van der Waals surface area contributed by atoms with Crippen LogP contribution in [0.4, 0.5) is 0 Å². The molecule has 0 aliphatic carbocycles. The van der Waals surface area contributed by atoms with E-state index in [1.807, 2.05) is 50.2 Å². The van der Waals surface area contributed by atoms with Gasteiger partial charge in [-0.05, 0) is 43.7 Å². The van der Waals surface area contributed by atoms with Gasteiger partial charge in [-0.1, -0.05) is 35.9 Å². The van der Waals surface area contributed by atoms with Gasteiger partial charge in [-0.2, -0.15) is 5.10 Å². The van der Waals surface area contributed by atoms with Crippen molar-refractivity contribution in [2.45, 2.75) is 20.0 Å². The van der Waals surface area contributed by atoms with Gasteiger partial charge in [0.25, 0.3) is 0 Å². The fraction of sp³-hybridized carbons (Fsp3) is 0.158. The van der Waals surface area contributed by atoms with E-state index in [1.54, 1.807) is 12.1 Å². The van der Waals surface area contributed by atoms with Gasteiger partial charge >= 0.3 is 0 Å². The van der Waals surface area contributed by atoms with Crippen LogP contribution in [0.15, 0.2) is 48.5 Å². The average molecular weight is 341 g/mol. The predicted octanol–water partition coefficient (Wildman–Crippen LogP) is 5.00. The number of ether oxygens (including phenoxy) is 1. The maximum atomic E-state index is 10.7. The van der Waals surface area contributed by atoms with E-state index in [-0.39, 0.29) is 6.10 Å². The molecule has 1 N–H and O–H groups in total. The van der Waals surface area contributed by atoms with Crippen LogP contribution in [0.1, 0.15) is 24.2 Å². The zero-order valence-corrected chi connectivity index (χ0v) is 14.2. The minimum Gasteiger partial charge on any atom is -0.489 e. The lowest BCUT2D eigenvalue weighted by molar-refractivity contribution is 0.112. The first-order valence-electron chi connectivity index (χ1n) is 7.64. The summed E-state index contributed by atoms with van der Waals surface area (Å²) >= 11 is 6.28. The third-order valence-electron chi connectivity index (χ3n) is 3.53. The van der Waals surface area contributed by atoms with Gasteiger partial charge in [-0.3, -0.25) is 9.89 Å². The van der Waals surface area contributed by atoms with Gasteiger partial charge in [0.2, 0.25) is 0 Å². The Morgan fingerprint density at radius 3 is 2.42 bits per heavy atom. The summed E-state index contributed by atoms with van der Waals surface area (Å²) in [5.74, 6) is 0.663. The number of aromatic nitrogens is 2. The number of hydrogen-bond acceptors (Lipinski definition) is 3. The SMILES string of the molecule is CC(C)Oc1ccc(-c2cc(-c3ccc(C=O)cc3)[nH]n2)cc1Cl. The monoisotopic (exact) mass is 340 g/mol. The summed E-state index contributed by atoms with van der Waals surface area (Å²) in [7, 11) is 0. The van der Waals surface area contributed by atoms with Gasteiger partial charge in [-0.15, -0.1) is 0 Å². The van der Waals surface area contributed by atoms with Crippen LogP contribution in [0.5, 0.6) is 5.75 Å². The highest BCUT2D eigenvalue weighted by molar-refractivity contribution is 6.32. The second kappa shape index (κ2) is 6.89. The van der Waals surface area contributed by atoms with E-state index >= 15 is 0 Å². The van der Waals surface area contributed by atoms with Gasteiger partial charge in [-0.25, -0.2) is 0 Å². The number of aldehydes is 1. The number of carbonyl (C=O) groups excluding carboxylic acids is 1. The molecular weight excluding hydrogens is 324 g/mol. The number of rotatable bonds is 5. The fourth-order valence-corrected chi connectivity index (χ4v) is 2.59. The number of nitrogens with zero attached hydrogens (tertiary/aromatic N) is 1. The quantitative estimate of drug-likeness (QED) is 0.665. The molecular formula is C19H17ClN2O2. The van der Waals surface area contributed by atoms with Gasteiger partial charge in [0.1, 0.15) is 12.0 Å². The van der Waals surface area contributed by atoms with Crippen LogP contribution in [-0.4, -0.2) is 22.6 Å². The Kier molecular flexibility index (Phi) is 4.67. The molecule has 0 aliphatic heterocycles. The molecule has 4 nitrogen and oxygen atoms in total. The summed E-state index contributed by atoms with van der Waals surface area (Å²) in [6, 6.07) is 14.9. The molecule has 0 atom stereocenters. The van der Waals surface area contributed by atoms with Crippen molar-refractivity contribution in [3.05, 3.63) is 59.1 Å². The number of benzene rings is 2. The summed E-state index contributed by atoms with van der Waals surface area (Å²) in [4.78, 5) is 10.7. The zero-order chi connectivity index (χ0) is 17.1. The smallest absolute Gasteiger partial charge is 0.150 e. The molecule has 5 heteroatoms. The van der Waals surface area contributed by atoms with Gasteiger partial charge in [0.05, 0.1) is 22.5 Å². The Morgan fingerprint density at radius 2 is 1.79 bits per heavy atom. The summed E-state index contributed by atoms with van der Waals surface area (Å²) in [6.07, 6.45) is 0.893. The van der Waals surface area contributed by atoms with Crippen molar-refractivity contribution in [3.8, 4) is 28.3 Å². The van der Waals surface area contributed by atoms with Crippen molar-refractivity contribution in [3.63, 3.8) is 0 Å². The Labute approximate surface area is 145 Å². The molecule has 0 amide bonds. The van der Waals surface area contributed by atoms with Crippen LogP contribution >= 0.6 is 11.6 Å². The predicted molar refractivity (Wildman–Crippen MR) is 95.6 cm³/mol. The van der Waals surface area contributed by atoms with Crippen molar-refractivity contribution in [1.82, 2.24) is 10.2 Å². The summed E-state index contributed by atoms with van der Waals surface area (Å²) in [6.45, 7) is 3.92. The average Bonchev–Trinajstić information content (AvgIpc) is 3.06. The van der Waals surface area contributed by atoms with Gasteiger partial charge in [0, 0.05) is 11.1 Å². The molecule has 0 radical (unpaired) electrons. The first-order chi connectivity index (χ1) is 11.6. The van der Waals surface area contributed by atoms with Gasteiger partial charge in [0.15, 0.2) is 0 Å². The molecule has 0 saturated carbocycles. The highest BCUT2D eigenvalue weighted by Gasteiger charge is 2.10. The van der Waals surface area contributed by atoms with E-state index in [2.05, 4.69) is 10.2 Å². The van der Waals surface area contributed by atoms with Crippen LogP contribution in [0.2, 0.25) is 5.02 Å². The molecule has 3 aromatic rings. The molecule has 2 aromatic carbocycles. The summed E-state index contributed by atoms with van der Waals surface area (Å²) in [5.41, 5.74) is 4.18. The van der Waals surface area contributed by atoms with Crippen molar-refractivity contribution in [2.24, 2.45) is 0 Å². The Morgan fingerprint density at radius 1 is 1.08 bits per heavy atom. The molecule has 3 rings (SSSR count). The number of aromatic amines is 1. The highest BCUT2D eigenvalue weighted by atomic mass is 35.5. The van der Waals surface area contributed by atoms with E-state index in [9.17, 15) is 4.79 Å². The van der Waals surface area contributed by atoms with Crippen LogP contribution in [0, 0.1) is 0 Å². The fourth-order valence-electron chi connectivity index (χ4n) is 2.37. The number of H-pyrrole nitrogens is 1. The topological polar surface area (TPSA) is 55.0 Å². The lowest BCUT2D eigenvalue weighted by atomic mass is 10.1. The van der Waals surface area contributed by atoms with Crippen molar-refractivity contribution in [1.29, 1.82) is 0 Å². The molecule has 122 valence electrons. The molecule has 0 aliphatic rings. The third-order valence-corrected chi connectivity index (χ3v) is 3.82.